The van der Waals surface area contributed by atoms with E-state index in [9.17, 15) is 0 Å². The average molecular weight is 502 g/mol. The maximum atomic E-state index is 4.85. The largest absolute Gasteiger partial charge is 0.357 e. The van der Waals surface area contributed by atoms with Crippen LogP contribution in [-0.2, 0) is 13.6 Å². The number of aliphatic imine (C=N–C) groups is 1. The van der Waals surface area contributed by atoms with Crippen molar-refractivity contribution in [2.45, 2.75) is 84.3 Å². The molecule has 0 aromatic carbocycles. The highest BCUT2D eigenvalue weighted by atomic mass is 127. The van der Waals surface area contributed by atoms with Gasteiger partial charge in [-0.05, 0) is 46.5 Å². The zero-order valence-electron chi connectivity index (χ0n) is 18.1. The smallest absolute Gasteiger partial charge is 0.191 e. The molecule has 2 aliphatic rings. The van der Waals surface area contributed by atoms with Gasteiger partial charge >= 0.3 is 0 Å². The van der Waals surface area contributed by atoms with Crippen molar-refractivity contribution in [3.63, 3.8) is 0 Å². The summed E-state index contributed by atoms with van der Waals surface area (Å²) in [6.07, 6.45) is 9.53. The number of nitrogens with zero attached hydrogens (tertiary/aromatic N) is 4. The zero-order chi connectivity index (χ0) is 19.2. The Labute approximate surface area is 187 Å². The first kappa shape index (κ1) is 23.4. The van der Waals surface area contributed by atoms with E-state index in [2.05, 4.69) is 41.4 Å². The number of halogens is 1. The van der Waals surface area contributed by atoms with Crippen molar-refractivity contribution in [2.24, 2.45) is 12.0 Å². The van der Waals surface area contributed by atoms with Crippen molar-refractivity contribution in [2.75, 3.05) is 19.6 Å². The molecule has 1 aromatic rings. The lowest BCUT2D eigenvalue weighted by Gasteiger charge is -2.39. The van der Waals surface area contributed by atoms with Crippen molar-refractivity contribution in [3.05, 3.63) is 17.0 Å². The summed E-state index contributed by atoms with van der Waals surface area (Å²) in [6, 6.07) is 1.37. The Kier molecular flexibility index (Phi) is 9.53. The summed E-state index contributed by atoms with van der Waals surface area (Å²) in [4.78, 5) is 7.59. The number of aromatic nitrogens is 2. The second-order valence-corrected chi connectivity index (χ2v) is 8.21. The monoisotopic (exact) mass is 502 g/mol. The highest BCUT2D eigenvalue weighted by Crippen LogP contribution is 2.25. The third-order valence-electron chi connectivity index (χ3n) is 6.36. The molecule has 2 heterocycles. The van der Waals surface area contributed by atoms with Gasteiger partial charge in [0.15, 0.2) is 5.96 Å². The first-order valence-electron chi connectivity index (χ1n) is 10.9. The van der Waals surface area contributed by atoms with E-state index in [1.54, 1.807) is 0 Å². The molecule has 0 amide bonds. The molecule has 3 rings (SSSR count). The number of piperidine rings is 1. The number of hydrogen-bond donors (Lipinski definition) is 2. The van der Waals surface area contributed by atoms with Gasteiger partial charge in [0.1, 0.15) is 0 Å². The lowest BCUT2D eigenvalue weighted by atomic mass is 9.92. The van der Waals surface area contributed by atoms with Gasteiger partial charge in [0.25, 0.3) is 0 Å². The van der Waals surface area contributed by atoms with E-state index in [4.69, 9.17) is 4.99 Å². The molecule has 1 aliphatic carbocycles. The van der Waals surface area contributed by atoms with E-state index in [0.717, 1.165) is 24.2 Å². The lowest BCUT2D eigenvalue weighted by Crippen LogP contribution is -2.50. The minimum absolute atomic E-state index is 0. The van der Waals surface area contributed by atoms with E-state index < -0.39 is 0 Å². The molecular formula is C21H39IN6. The maximum Gasteiger partial charge on any atom is 0.191 e. The van der Waals surface area contributed by atoms with E-state index >= 15 is 0 Å². The molecular weight excluding hydrogens is 463 g/mol. The Hall–Kier alpha value is -0.830. The molecule has 28 heavy (non-hydrogen) atoms. The maximum absolute atomic E-state index is 4.85. The van der Waals surface area contributed by atoms with Crippen LogP contribution in [0.15, 0.2) is 4.99 Å². The first-order valence-corrected chi connectivity index (χ1v) is 10.9. The molecule has 0 unspecified atom stereocenters. The lowest BCUT2D eigenvalue weighted by molar-refractivity contribution is 0.119. The molecule has 6 nitrogen and oxygen atoms in total. The van der Waals surface area contributed by atoms with Crippen molar-refractivity contribution < 1.29 is 0 Å². The molecule has 1 saturated carbocycles. The first-order chi connectivity index (χ1) is 13.1. The molecule has 2 fully saturated rings. The van der Waals surface area contributed by atoms with Crippen LogP contribution in [0.3, 0.4) is 0 Å². The summed E-state index contributed by atoms with van der Waals surface area (Å²) in [6.45, 7) is 10.3. The number of likely N-dealkylation sites (tertiary alicyclic amines) is 1. The predicted octanol–water partition coefficient (Wildman–Crippen LogP) is 3.51. The number of aryl methyl sites for hydroxylation is 2. The van der Waals surface area contributed by atoms with Gasteiger partial charge in [-0.25, -0.2) is 4.99 Å². The summed E-state index contributed by atoms with van der Waals surface area (Å²) in [5.41, 5.74) is 3.52. The Morgan fingerprint density at radius 2 is 1.79 bits per heavy atom. The van der Waals surface area contributed by atoms with Gasteiger partial charge < -0.3 is 15.5 Å². The number of guanidine groups is 1. The topological polar surface area (TPSA) is 57.5 Å². The van der Waals surface area contributed by atoms with E-state index in [-0.39, 0.29) is 24.0 Å². The second kappa shape index (κ2) is 11.4. The van der Waals surface area contributed by atoms with Crippen LogP contribution in [0, 0.1) is 13.8 Å². The van der Waals surface area contributed by atoms with Crippen LogP contribution >= 0.6 is 24.0 Å². The fraction of sp³-hybridized carbons (Fsp3) is 0.810. The number of hydrogen-bond acceptors (Lipinski definition) is 3. The molecule has 0 radical (unpaired) electrons. The Bertz CT molecular complexity index is 627. The average Bonchev–Trinajstić information content (AvgIpc) is 2.93. The third kappa shape index (κ3) is 6.08. The Morgan fingerprint density at radius 1 is 1.11 bits per heavy atom. The fourth-order valence-electron chi connectivity index (χ4n) is 4.57. The number of nitrogens with one attached hydrogen (secondary N) is 2. The molecule has 1 aliphatic heterocycles. The van der Waals surface area contributed by atoms with Crippen molar-refractivity contribution in [3.8, 4) is 0 Å². The van der Waals surface area contributed by atoms with E-state index in [1.807, 2.05) is 11.7 Å². The van der Waals surface area contributed by atoms with Gasteiger partial charge in [-0.2, -0.15) is 5.10 Å². The van der Waals surface area contributed by atoms with Crippen LogP contribution in [0.5, 0.6) is 0 Å². The molecule has 7 heteroatoms. The van der Waals surface area contributed by atoms with Crippen LogP contribution in [0.4, 0.5) is 0 Å². The van der Waals surface area contributed by atoms with Gasteiger partial charge in [-0.3, -0.25) is 4.68 Å². The van der Waals surface area contributed by atoms with Gasteiger partial charge in [0.05, 0.1) is 12.2 Å². The van der Waals surface area contributed by atoms with Crippen LogP contribution in [0.25, 0.3) is 0 Å². The van der Waals surface area contributed by atoms with Crippen LogP contribution in [0.2, 0.25) is 0 Å². The fourth-order valence-corrected chi connectivity index (χ4v) is 4.57. The molecule has 1 aromatic heterocycles. The highest BCUT2D eigenvalue weighted by molar-refractivity contribution is 14.0. The molecule has 0 spiro atoms. The minimum atomic E-state index is 0. The quantitative estimate of drug-likeness (QED) is 0.368. The summed E-state index contributed by atoms with van der Waals surface area (Å²) >= 11 is 0. The van der Waals surface area contributed by atoms with Crippen molar-refractivity contribution in [1.82, 2.24) is 25.3 Å². The summed E-state index contributed by atoms with van der Waals surface area (Å²) in [5.74, 6) is 0.941. The summed E-state index contributed by atoms with van der Waals surface area (Å²) < 4.78 is 1.95. The third-order valence-corrected chi connectivity index (χ3v) is 6.36. The van der Waals surface area contributed by atoms with Crippen molar-refractivity contribution in [1.29, 1.82) is 0 Å². The molecule has 2 N–H and O–H groups in total. The Balaban J connectivity index is 0.00000280. The molecule has 160 valence electrons. The summed E-state index contributed by atoms with van der Waals surface area (Å²) in [5, 5.41) is 11.6. The zero-order valence-corrected chi connectivity index (χ0v) is 20.5. The molecule has 0 atom stereocenters. The second-order valence-electron chi connectivity index (χ2n) is 8.21. The standard InChI is InChI=1S/C21H38N6.HI/c1-5-22-21(23-15-20-16(2)25-26(4)17(20)3)24-18-11-13-27(14-12-18)19-9-7-6-8-10-19;/h18-19H,5-15H2,1-4H3,(H2,22,23,24);1H. The normalized spacial score (nSPS) is 20.1. The van der Waals surface area contributed by atoms with Gasteiger partial charge in [0.2, 0.25) is 0 Å². The number of rotatable bonds is 5. The SMILES string of the molecule is CCNC(=NCc1c(C)nn(C)c1C)NC1CCN(C2CCCCC2)CC1.I. The van der Waals surface area contributed by atoms with E-state index in [1.165, 1.54) is 69.3 Å². The van der Waals surface area contributed by atoms with Crippen LogP contribution in [0.1, 0.15) is 68.8 Å². The predicted molar refractivity (Wildman–Crippen MR) is 128 cm³/mol. The molecule has 0 bridgehead atoms. The van der Waals surface area contributed by atoms with Crippen LogP contribution < -0.4 is 10.6 Å². The minimum Gasteiger partial charge on any atom is -0.357 e. The van der Waals surface area contributed by atoms with Gasteiger partial charge in [-0.15, -0.1) is 24.0 Å². The van der Waals surface area contributed by atoms with Gasteiger partial charge in [0, 0.05) is 50.0 Å². The highest BCUT2D eigenvalue weighted by Gasteiger charge is 2.26. The molecule has 1 saturated heterocycles. The van der Waals surface area contributed by atoms with E-state index in [0.29, 0.717) is 12.6 Å². The van der Waals surface area contributed by atoms with Gasteiger partial charge in [-0.1, -0.05) is 19.3 Å². The Morgan fingerprint density at radius 3 is 2.36 bits per heavy atom. The summed E-state index contributed by atoms with van der Waals surface area (Å²) in [7, 11) is 2.00. The van der Waals surface area contributed by atoms with Crippen LogP contribution in [-0.4, -0.2) is 52.4 Å². The van der Waals surface area contributed by atoms with Crippen molar-refractivity contribution >= 4 is 29.9 Å².